The van der Waals surface area contributed by atoms with Gasteiger partial charge in [-0.15, -0.1) is 0 Å². The van der Waals surface area contributed by atoms with Crippen LogP contribution in [0.1, 0.15) is 8.35 Å². The predicted molar refractivity (Wildman–Crippen MR) is 63.8 cm³/mol. The van der Waals surface area contributed by atoms with Crippen LogP contribution in [0.3, 0.4) is 0 Å². The molecular weight excluding hydrogens is 269 g/mol. The van der Waals surface area contributed by atoms with Crippen LogP contribution in [0, 0.1) is 0 Å². The molecule has 1 rings (SSSR count). The Labute approximate surface area is 130 Å². The molecule has 1 aromatic carbocycles. The first-order valence-corrected chi connectivity index (χ1v) is 6.46. The Morgan fingerprint density at radius 3 is 2.61 bits per heavy atom. The summed E-state index contributed by atoms with van der Waals surface area (Å²) in [4.78, 5) is -0.339. The van der Waals surface area contributed by atoms with E-state index in [1.165, 1.54) is 12.1 Å². The van der Waals surface area contributed by atoms with Crippen molar-refractivity contribution >= 4 is 15.8 Å². The third-order valence-corrected chi connectivity index (χ3v) is 2.81. The maximum absolute atomic E-state index is 11.1. The monoisotopic (exact) mass is 285 g/mol. The minimum absolute atomic E-state index is 0. The van der Waals surface area contributed by atoms with E-state index in [2.05, 4.69) is 0 Å². The van der Waals surface area contributed by atoms with Gasteiger partial charge in [-0.3, -0.25) is 4.55 Å². The molecule has 0 bridgehead atoms. The SMILES string of the molecule is CCOCCOc1ccc(N)cc1S(=O)(=O)O.[H-].[Na+]. The van der Waals surface area contributed by atoms with E-state index in [-0.39, 0.29) is 53.9 Å². The molecule has 18 heavy (non-hydrogen) atoms. The zero-order valence-electron chi connectivity index (χ0n) is 11.4. The molecule has 0 unspecified atom stereocenters. The quantitative estimate of drug-likeness (QED) is 0.273. The van der Waals surface area contributed by atoms with E-state index < -0.39 is 10.1 Å². The Bertz CT molecular complexity index is 483. The van der Waals surface area contributed by atoms with Crippen molar-refractivity contribution in [3.8, 4) is 5.75 Å². The van der Waals surface area contributed by atoms with Crippen molar-refractivity contribution in [3.63, 3.8) is 0 Å². The van der Waals surface area contributed by atoms with Crippen LogP contribution in [-0.2, 0) is 14.9 Å². The van der Waals surface area contributed by atoms with Crippen molar-refractivity contribution in [1.82, 2.24) is 0 Å². The number of hydrogen-bond donors (Lipinski definition) is 2. The molecule has 0 aliphatic carbocycles. The van der Waals surface area contributed by atoms with Crippen molar-refractivity contribution in [2.24, 2.45) is 0 Å². The molecule has 0 aliphatic rings. The number of hydrogen-bond acceptors (Lipinski definition) is 5. The summed E-state index contributed by atoms with van der Waals surface area (Å²) in [6.45, 7) is 2.93. The number of nitrogens with two attached hydrogens (primary N) is 1. The van der Waals surface area contributed by atoms with Gasteiger partial charge in [-0.05, 0) is 25.1 Å². The van der Waals surface area contributed by atoms with Crippen molar-refractivity contribution in [2.75, 3.05) is 25.6 Å². The van der Waals surface area contributed by atoms with Crippen LogP contribution in [0.4, 0.5) is 5.69 Å². The summed E-state index contributed by atoms with van der Waals surface area (Å²) in [6, 6.07) is 4.03. The average molecular weight is 285 g/mol. The molecule has 0 spiro atoms. The summed E-state index contributed by atoms with van der Waals surface area (Å²) in [5.41, 5.74) is 5.68. The maximum Gasteiger partial charge on any atom is 1.00 e. The first-order chi connectivity index (χ1) is 7.95. The standard InChI is InChI=1S/C10H15NO5S.Na.H/c1-2-15-5-6-16-9-4-3-8(11)7-10(9)17(12,13)14;;/h3-4,7H,2,5-6,11H2,1H3,(H,12,13,14);;/q;+1;-1. The minimum atomic E-state index is -4.34. The minimum Gasteiger partial charge on any atom is -1.00 e. The molecule has 0 saturated carbocycles. The van der Waals surface area contributed by atoms with Crippen molar-refractivity contribution in [1.29, 1.82) is 0 Å². The summed E-state index contributed by atoms with van der Waals surface area (Å²) >= 11 is 0. The van der Waals surface area contributed by atoms with E-state index in [0.717, 1.165) is 6.07 Å². The zero-order chi connectivity index (χ0) is 12.9. The number of nitrogen functional groups attached to an aromatic ring is 1. The van der Waals surface area contributed by atoms with Crippen LogP contribution in [0.25, 0.3) is 0 Å². The summed E-state index contributed by atoms with van der Waals surface area (Å²) in [5.74, 6) is 0.0569. The fourth-order valence-electron chi connectivity index (χ4n) is 1.20. The Morgan fingerprint density at radius 2 is 2.06 bits per heavy atom. The van der Waals surface area contributed by atoms with E-state index in [1.807, 2.05) is 6.92 Å². The Hall–Kier alpha value is -0.310. The molecule has 0 atom stereocenters. The number of anilines is 1. The average Bonchev–Trinajstić information content (AvgIpc) is 2.25. The van der Waals surface area contributed by atoms with Gasteiger partial charge in [0.05, 0.1) is 6.61 Å². The summed E-state index contributed by atoms with van der Waals surface area (Å²) in [6.07, 6.45) is 0. The van der Waals surface area contributed by atoms with Gasteiger partial charge in [0.25, 0.3) is 10.1 Å². The van der Waals surface area contributed by atoms with E-state index in [4.69, 9.17) is 19.8 Å². The van der Waals surface area contributed by atoms with Gasteiger partial charge < -0.3 is 16.6 Å². The second-order valence-electron chi connectivity index (χ2n) is 3.23. The molecule has 8 heteroatoms. The van der Waals surface area contributed by atoms with E-state index >= 15 is 0 Å². The molecule has 0 radical (unpaired) electrons. The number of ether oxygens (including phenoxy) is 2. The summed E-state index contributed by atoms with van der Waals surface area (Å²) in [5, 5.41) is 0. The molecule has 98 valence electrons. The molecule has 0 aliphatic heterocycles. The fourth-order valence-corrected chi connectivity index (χ4v) is 1.87. The molecule has 0 saturated heterocycles. The van der Waals surface area contributed by atoms with Gasteiger partial charge >= 0.3 is 29.6 Å². The largest absolute Gasteiger partial charge is 1.00 e. The van der Waals surface area contributed by atoms with Gasteiger partial charge in [-0.1, -0.05) is 0 Å². The van der Waals surface area contributed by atoms with Crippen LogP contribution in [0.2, 0.25) is 0 Å². The Morgan fingerprint density at radius 1 is 1.39 bits per heavy atom. The Kier molecular flexibility index (Phi) is 7.84. The normalized spacial score (nSPS) is 10.8. The van der Waals surface area contributed by atoms with Crippen LogP contribution in [0.5, 0.6) is 5.75 Å². The summed E-state index contributed by atoms with van der Waals surface area (Å²) in [7, 11) is -4.34. The first-order valence-electron chi connectivity index (χ1n) is 5.02. The third-order valence-electron chi connectivity index (χ3n) is 1.94. The maximum atomic E-state index is 11.1. The second kappa shape index (κ2) is 7.98. The molecule has 0 fully saturated rings. The molecule has 3 N–H and O–H groups in total. The van der Waals surface area contributed by atoms with Gasteiger partial charge in [0.2, 0.25) is 0 Å². The van der Waals surface area contributed by atoms with Gasteiger partial charge in [0.15, 0.2) is 0 Å². The molecular formula is C10H16NNaO5S. The van der Waals surface area contributed by atoms with Crippen LogP contribution in [-0.4, -0.2) is 32.8 Å². The van der Waals surface area contributed by atoms with E-state index in [1.54, 1.807) is 0 Å². The summed E-state index contributed by atoms with van der Waals surface area (Å²) < 4.78 is 41.4. The molecule has 0 aromatic heterocycles. The Balaban J connectivity index is 0. The second-order valence-corrected chi connectivity index (χ2v) is 4.62. The zero-order valence-corrected chi connectivity index (χ0v) is 13.2. The van der Waals surface area contributed by atoms with Crippen LogP contribution < -0.4 is 40.0 Å². The van der Waals surface area contributed by atoms with Crippen molar-refractivity contribution in [2.45, 2.75) is 11.8 Å². The van der Waals surface area contributed by atoms with Crippen molar-refractivity contribution < 1.29 is 53.4 Å². The van der Waals surface area contributed by atoms with Gasteiger partial charge in [-0.2, -0.15) is 8.42 Å². The molecule has 1 aromatic rings. The smallest absolute Gasteiger partial charge is 1.00 e. The molecule has 0 amide bonds. The van der Waals surface area contributed by atoms with Gasteiger partial charge in [-0.25, -0.2) is 0 Å². The van der Waals surface area contributed by atoms with Crippen molar-refractivity contribution in [3.05, 3.63) is 18.2 Å². The van der Waals surface area contributed by atoms with Gasteiger partial charge in [0.1, 0.15) is 17.3 Å². The first kappa shape index (κ1) is 17.7. The van der Waals surface area contributed by atoms with Crippen LogP contribution >= 0.6 is 0 Å². The molecule has 6 nitrogen and oxygen atoms in total. The van der Waals surface area contributed by atoms with Crippen LogP contribution in [0.15, 0.2) is 23.1 Å². The predicted octanol–water partition coefficient (Wildman–Crippen LogP) is -1.95. The van der Waals surface area contributed by atoms with E-state index in [0.29, 0.717) is 13.2 Å². The number of benzene rings is 1. The fraction of sp³-hybridized carbons (Fsp3) is 0.400. The van der Waals surface area contributed by atoms with E-state index in [9.17, 15) is 8.42 Å². The number of rotatable bonds is 6. The topological polar surface area (TPSA) is 98.9 Å². The third kappa shape index (κ3) is 5.55. The molecule has 0 heterocycles. The van der Waals surface area contributed by atoms with Gasteiger partial charge in [0, 0.05) is 12.3 Å².